The zero-order chi connectivity index (χ0) is 15.0. The van der Waals surface area contributed by atoms with Crippen LogP contribution in [-0.2, 0) is 9.53 Å². The van der Waals surface area contributed by atoms with Crippen LogP contribution in [0.4, 0.5) is 4.79 Å². The number of likely N-dealkylation sites (tertiary alicyclic amines) is 1. The number of rotatable bonds is 7. The molecule has 2 amide bonds. The Kier molecular flexibility index (Phi) is 7.36. The summed E-state index contributed by atoms with van der Waals surface area (Å²) in [6.07, 6.45) is 3.54. The quantitative estimate of drug-likeness (QED) is 0.746. The van der Waals surface area contributed by atoms with Crippen molar-refractivity contribution in [1.29, 1.82) is 0 Å². The molecule has 1 aliphatic heterocycles. The van der Waals surface area contributed by atoms with E-state index in [4.69, 9.17) is 9.84 Å². The molecule has 1 rings (SSSR count). The second kappa shape index (κ2) is 8.79. The molecular formula is C14H26N2O4. The van der Waals surface area contributed by atoms with Gasteiger partial charge in [0.2, 0.25) is 0 Å². The number of amides is 2. The van der Waals surface area contributed by atoms with Gasteiger partial charge in [0.05, 0.1) is 6.61 Å². The Bertz CT molecular complexity index is 320. The number of methoxy groups -OCH3 is 1. The Hall–Kier alpha value is -1.30. The van der Waals surface area contributed by atoms with Gasteiger partial charge in [-0.2, -0.15) is 0 Å². The van der Waals surface area contributed by atoms with E-state index in [9.17, 15) is 9.59 Å². The summed E-state index contributed by atoms with van der Waals surface area (Å²) in [7, 11) is 1.68. The first-order valence-corrected chi connectivity index (χ1v) is 7.29. The van der Waals surface area contributed by atoms with Gasteiger partial charge in [0.1, 0.15) is 0 Å². The van der Waals surface area contributed by atoms with E-state index in [2.05, 4.69) is 5.32 Å². The lowest BCUT2D eigenvalue weighted by atomic mass is 9.99. The molecule has 0 radical (unpaired) electrons. The Morgan fingerprint density at radius 2 is 2.25 bits per heavy atom. The summed E-state index contributed by atoms with van der Waals surface area (Å²) < 4.78 is 5.15. The highest BCUT2D eigenvalue weighted by Crippen LogP contribution is 2.16. The summed E-state index contributed by atoms with van der Waals surface area (Å²) in [5, 5.41) is 11.5. The van der Waals surface area contributed by atoms with Crippen LogP contribution in [0.2, 0.25) is 0 Å². The molecule has 2 unspecified atom stereocenters. The number of ether oxygens (including phenoxy) is 1. The minimum absolute atomic E-state index is 0.00431. The largest absolute Gasteiger partial charge is 0.481 e. The smallest absolute Gasteiger partial charge is 0.317 e. The summed E-state index contributed by atoms with van der Waals surface area (Å²) in [6.45, 7) is 4.13. The van der Waals surface area contributed by atoms with Gasteiger partial charge in [0.15, 0.2) is 0 Å². The monoisotopic (exact) mass is 286 g/mol. The van der Waals surface area contributed by atoms with E-state index in [1.807, 2.05) is 11.8 Å². The fourth-order valence-electron chi connectivity index (χ4n) is 2.55. The zero-order valence-electron chi connectivity index (χ0n) is 12.4. The number of urea groups is 1. The number of nitrogens with zero attached hydrogens (tertiary/aromatic N) is 1. The molecular weight excluding hydrogens is 260 g/mol. The Labute approximate surface area is 120 Å². The normalized spacial score (nSPS) is 20.5. The lowest BCUT2D eigenvalue weighted by Crippen LogP contribution is -2.48. The molecule has 20 heavy (non-hydrogen) atoms. The first-order chi connectivity index (χ1) is 9.52. The van der Waals surface area contributed by atoms with Crippen molar-refractivity contribution in [2.24, 2.45) is 5.92 Å². The molecule has 0 saturated carbocycles. The second-order valence-corrected chi connectivity index (χ2v) is 5.55. The highest BCUT2D eigenvalue weighted by atomic mass is 16.5. The van der Waals surface area contributed by atoms with Gasteiger partial charge in [-0.05, 0) is 32.6 Å². The van der Waals surface area contributed by atoms with E-state index in [0.717, 1.165) is 25.9 Å². The number of carbonyl (C=O) groups is 2. The fraction of sp³-hybridized carbons (Fsp3) is 0.857. The predicted molar refractivity (Wildman–Crippen MR) is 75.7 cm³/mol. The molecule has 1 fully saturated rings. The van der Waals surface area contributed by atoms with Gasteiger partial charge in [0.25, 0.3) is 0 Å². The zero-order valence-corrected chi connectivity index (χ0v) is 12.4. The third kappa shape index (κ3) is 6.23. The minimum atomic E-state index is -0.790. The molecule has 0 spiro atoms. The third-order valence-corrected chi connectivity index (χ3v) is 3.61. The van der Waals surface area contributed by atoms with E-state index < -0.39 is 5.97 Å². The molecule has 0 aromatic carbocycles. The standard InChI is InChI=1S/C14H26N2O4/c1-11(5-3-7-13(17)18)15-14(19)16-8-4-6-12(9-16)10-20-2/h11-12H,3-10H2,1-2H3,(H,15,19)(H,17,18). The Morgan fingerprint density at radius 1 is 1.50 bits per heavy atom. The molecule has 2 N–H and O–H groups in total. The minimum Gasteiger partial charge on any atom is -0.481 e. The average Bonchev–Trinajstić information content (AvgIpc) is 2.39. The van der Waals surface area contributed by atoms with Crippen LogP contribution in [0, 0.1) is 5.92 Å². The van der Waals surface area contributed by atoms with E-state index in [1.165, 1.54) is 0 Å². The van der Waals surface area contributed by atoms with Crippen LogP contribution in [0.15, 0.2) is 0 Å². The van der Waals surface area contributed by atoms with Crippen LogP contribution >= 0.6 is 0 Å². The Balaban J connectivity index is 2.28. The van der Waals surface area contributed by atoms with Gasteiger partial charge >= 0.3 is 12.0 Å². The average molecular weight is 286 g/mol. The number of hydrogen-bond acceptors (Lipinski definition) is 3. The van der Waals surface area contributed by atoms with Crippen molar-refractivity contribution < 1.29 is 19.4 Å². The van der Waals surface area contributed by atoms with Gasteiger partial charge in [0, 0.05) is 38.6 Å². The van der Waals surface area contributed by atoms with E-state index >= 15 is 0 Å². The van der Waals surface area contributed by atoms with Crippen molar-refractivity contribution in [3.05, 3.63) is 0 Å². The highest BCUT2D eigenvalue weighted by molar-refractivity contribution is 5.74. The lowest BCUT2D eigenvalue weighted by molar-refractivity contribution is -0.137. The molecule has 6 nitrogen and oxygen atoms in total. The van der Waals surface area contributed by atoms with Gasteiger partial charge in [-0.25, -0.2) is 4.79 Å². The summed E-state index contributed by atoms with van der Waals surface area (Å²) in [5.41, 5.74) is 0. The molecule has 1 aliphatic rings. The summed E-state index contributed by atoms with van der Waals surface area (Å²) >= 11 is 0. The van der Waals surface area contributed by atoms with Gasteiger partial charge < -0.3 is 20.1 Å². The third-order valence-electron chi connectivity index (χ3n) is 3.61. The maximum absolute atomic E-state index is 12.1. The molecule has 1 saturated heterocycles. The van der Waals surface area contributed by atoms with E-state index in [1.54, 1.807) is 7.11 Å². The maximum Gasteiger partial charge on any atom is 0.317 e. The number of carboxylic acid groups (broad SMARTS) is 1. The van der Waals surface area contributed by atoms with Crippen LogP contribution in [0.25, 0.3) is 0 Å². The predicted octanol–water partition coefficient (Wildman–Crippen LogP) is 1.70. The van der Waals surface area contributed by atoms with Crippen molar-refractivity contribution in [3.63, 3.8) is 0 Å². The molecule has 1 heterocycles. The maximum atomic E-state index is 12.1. The number of piperidine rings is 1. The molecule has 116 valence electrons. The fourth-order valence-corrected chi connectivity index (χ4v) is 2.55. The number of hydrogen-bond donors (Lipinski definition) is 2. The molecule has 0 aromatic heterocycles. The Morgan fingerprint density at radius 3 is 2.90 bits per heavy atom. The molecule has 6 heteroatoms. The molecule has 0 aromatic rings. The molecule has 0 bridgehead atoms. The number of aliphatic carboxylic acids is 1. The molecule has 2 atom stereocenters. The van der Waals surface area contributed by atoms with Gasteiger partial charge in [-0.1, -0.05) is 0 Å². The van der Waals surface area contributed by atoms with Crippen LogP contribution in [0.3, 0.4) is 0 Å². The lowest BCUT2D eigenvalue weighted by Gasteiger charge is -2.33. The van der Waals surface area contributed by atoms with Crippen molar-refractivity contribution in [2.75, 3.05) is 26.8 Å². The number of carboxylic acids is 1. The van der Waals surface area contributed by atoms with Crippen molar-refractivity contribution >= 4 is 12.0 Å². The van der Waals surface area contributed by atoms with Crippen molar-refractivity contribution in [3.8, 4) is 0 Å². The number of nitrogens with one attached hydrogen (secondary N) is 1. The van der Waals surface area contributed by atoms with Crippen LogP contribution < -0.4 is 5.32 Å². The second-order valence-electron chi connectivity index (χ2n) is 5.55. The first-order valence-electron chi connectivity index (χ1n) is 7.29. The first kappa shape index (κ1) is 16.8. The topological polar surface area (TPSA) is 78.9 Å². The molecule has 0 aliphatic carbocycles. The van der Waals surface area contributed by atoms with Crippen LogP contribution in [0.1, 0.15) is 39.0 Å². The summed E-state index contributed by atoms with van der Waals surface area (Å²) in [6, 6.07) is -0.0433. The highest BCUT2D eigenvalue weighted by Gasteiger charge is 2.24. The van der Waals surface area contributed by atoms with Crippen LogP contribution in [0.5, 0.6) is 0 Å². The SMILES string of the molecule is COCC1CCCN(C(=O)NC(C)CCCC(=O)O)C1. The van der Waals surface area contributed by atoms with Crippen molar-refractivity contribution in [2.45, 2.75) is 45.1 Å². The van der Waals surface area contributed by atoms with Gasteiger partial charge in [-0.3, -0.25) is 4.79 Å². The van der Waals surface area contributed by atoms with Crippen molar-refractivity contribution in [1.82, 2.24) is 10.2 Å². The van der Waals surface area contributed by atoms with E-state index in [-0.39, 0.29) is 18.5 Å². The summed E-state index contributed by atoms with van der Waals surface area (Å²) in [4.78, 5) is 24.4. The van der Waals surface area contributed by atoms with Crippen LogP contribution in [-0.4, -0.2) is 54.9 Å². The number of carbonyl (C=O) groups excluding carboxylic acids is 1. The van der Waals surface area contributed by atoms with Gasteiger partial charge in [-0.15, -0.1) is 0 Å². The van der Waals surface area contributed by atoms with E-state index in [0.29, 0.717) is 25.4 Å². The summed E-state index contributed by atoms with van der Waals surface area (Å²) in [5.74, 6) is -0.371.